The molecule has 1 saturated heterocycles. The van der Waals surface area contributed by atoms with E-state index in [2.05, 4.69) is 14.6 Å². The van der Waals surface area contributed by atoms with Gasteiger partial charge < -0.3 is 14.4 Å². The van der Waals surface area contributed by atoms with Crippen molar-refractivity contribution in [1.82, 2.24) is 9.88 Å². The third-order valence-corrected chi connectivity index (χ3v) is 5.30. The Labute approximate surface area is 192 Å². The first-order valence-corrected chi connectivity index (χ1v) is 11.1. The van der Waals surface area contributed by atoms with Crippen molar-refractivity contribution >= 4 is 11.8 Å². The molecule has 1 unspecified atom stereocenters. The number of ether oxygens (including phenoxy) is 2. The number of rotatable bonds is 9. The van der Waals surface area contributed by atoms with Crippen LogP contribution in [0.3, 0.4) is 0 Å². The Bertz CT molecular complexity index is 934. The topological polar surface area (TPSA) is 54.9 Å². The minimum Gasteiger partial charge on any atom is -0.459 e. The molecular weight excluding hydrogens is 435 g/mol. The maximum absolute atomic E-state index is 13.8. The van der Waals surface area contributed by atoms with Gasteiger partial charge in [0, 0.05) is 38.9 Å². The molecular formula is C24H30F3N3O3. The summed E-state index contributed by atoms with van der Waals surface area (Å²) in [5, 5.41) is 0. The Balaban J connectivity index is 1.60. The zero-order valence-electron chi connectivity index (χ0n) is 19.1. The van der Waals surface area contributed by atoms with E-state index >= 15 is 0 Å². The quantitative estimate of drug-likeness (QED) is 0.501. The fourth-order valence-corrected chi connectivity index (χ4v) is 3.63. The van der Waals surface area contributed by atoms with Gasteiger partial charge >= 0.3 is 12.1 Å². The lowest BCUT2D eigenvalue weighted by Crippen LogP contribution is -2.46. The molecule has 2 heterocycles. The average molecular weight is 466 g/mol. The lowest BCUT2D eigenvalue weighted by molar-refractivity contribution is -0.220. The predicted octanol–water partition coefficient (Wildman–Crippen LogP) is 4.69. The van der Waals surface area contributed by atoms with Gasteiger partial charge in [0.2, 0.25) is 6.17 Å². The average Bonchev–Trinajstić information content (AvgIpc) is 2.78. The third-order valence-electron chi connectivity index (χ3n) is 5.30. The van der Waals surface area contributed by atoms with Gasteiger partial charge in [-0.05, 0) is 50.1 Å². The Hall–Kier alpha value is -2.81. The molecule has 1 atom stereocenters. The first kappa shape index (κ1) is 24.8. The van der Waals surface area contributed by atoms with E-state index in [-0.39, 0.29) is 18.3 Å². The first-order chi connectivity index (χ1) is 15.7. The van der Waals surface area contributed by atoms with Crippen molar-refractivity contribution in [3.63, 3.8) is 0 Å². The van der Waals surface area contributed by atoms with Crippen LogP contribution >= 0.6 is 0 Å². The standard InChI is InChI=1S/C24H30F3N3O3/c1-4-21(25)24(26,27)33-19-8-5-7-18(15-19)16-29-11-13-30(14-12-29)22-20(9-6-10-28-22)23(31)32-17(2)3/h5-10,15,17,21H,4,11-14,16H2,1-3H3. The summed E-state index contributed by atoms with van der Waals surface area (Å²) in [6, 6.07) is 9.78. The van der Waals surface area contributed by atoms with E-state index in [1.807, 2.05) is 11.0 Å². The van der Waals surface area contributed by atoms with Crippen LogP contribution in [0.4, 0.5) is 19.0 Å². The molecule has 0 saturated carbocycles. The Kier molecular flexibility index (Phi) is 8.18. The summed E-state index contributed by atoms with van der Waals surface area (Å²) in [4.78, 5) is 21.0. The maximum atomic E-state index is 13.8. The van der Waals surface area contributed by atoms with Crippen LogP contribution in [-0.2, 0) is 11.3 Å². The Morgan fingerprint density at radius 1 is 1.15 bits per heavy atom. The molecule has 1 aromatic carbocycles. The predicted molar refractivity (Wildman–Crippen MR) is 119 cm³/mol. The highest BCUT2D eigenvalue weighted by Crippen LogP contribution is 2.29. The summed E-state index contributed by atoms with van der Waals surface area (Å²) in [7, 11) is 0. The van der Waals surface area contributed by atoms with Crippen molar-refractivity contribution in [3.8, 4) is 5.75 Å². The van der Waals surface area contributed by atoms with Crippen molar-refractivity contribution in [2.24, 2.45) is 0 Å². The van der Waals surface area contributed by atoms with Crippen molar-refractivity contribution in [1.29, 1.82) is 0 Å². The lowest BCUT2D eigenvalue weighted by Gasteiger charge is -2.36. The Morgan fingerprint density at radius 3 is 2.55 bits per heavy atom. The third kappa shape index (κ3) is 6.60. The molecule has 2 aromatic rings. The molecule has 0 spiro atoms. The summed E-state index contributed by atoms with van der Waals surface area (Å²) in [6.45, 7) is 8.16. The minimum atomic E-state index is -3.86. The number of halogens is 3. The highest BCUT2D eigenvalue weighted by atomic mass is 19.3. The number of carbonyl (C=O) groups excluding carboxylic acids is 1. The minimum absolute atomic E-state index is 0.0611. The number of anilines is 1. The van der Waals surface area contributed by atoms with E-state index in [0.717, 1.165) is 5.56 Å². The molecule has 0 N–H and O–H groups in total. The van der Waals surface area contributed by atoms with Gasteiger partial charge in [0.25, 0.3) is 0 Å². The smallest absolute Gasteiger partial charge is 0.429 e. The largest absolute Gasteiger partial charge is 0.459 e. The molecule has 1 aliphatic heterocycles. The second-order valence-corrected chi connectivity index (χ2v) is 8.28. The highest BCUT2D eigenvalue weighted by Gasteiger charge is 2.41. The summed E-state index contributed by atoms with van der Waals surface area (Å²) in [5.74, 6) is 0.133. The molecule has 0 aliphatic carbocycles. The van der Waals surface area contributed by atoms with Gasteiger partial charge in [0.05, 0.1) is 6.10 Å². The fourth-order valence-electron chi connectivity index (χ4n) is 3.63. The van der Waals surface area contributed by atoms with Crippen LogP contribution in [0.5, 0.6) is 5.75 Å². The number of hydrogen-bond acceptors (Lipinski definition) is 6. The number of aromatic nitrogens is 1. The van der Waals surface area contributed by atoms with Crippen molar-refractivity contribution in [2.75, 3.05) is 31.1 Å². The zero-order chi connectivity index (χ0) is 24.0. The SMILES string of the molecule is CCC(F)C(F)(F)Oc1cccc(CN2CCN(c3ncccc3C(=O)OC(C)C)CC2)c1. The molecule has 1 aromatic heterocycles. The van der Waals surface area contributed by atoms with E-state index in [4.69, 9.17) is 4.74 Å². The molecule has 1 fully saturated rings. The molecule has 0 bridgehead atoms. The molecule has 0 amide bonds. The van der Waals surface area contributed by atoms with Crippen molar-refractivity contribution in [3.05, 3.63) is 53.7 Å². The van der Waals surface area contributed by atoms with E-state index in [1.54, 1.807) is 38.2 Å². The van der Waals surface area contributed by atoms with Crippen LogP contribution in [0, 0.1) is 0 Å². The van der Waals surface area contributed by atoms with Crippen molar-refractivity contribution < 1.29 is 27.4 Å². The van der Waals surface area contributed by atoms with Crippen LogP contribution in [0.15, 0.2) is 42.6 Å². The van der Waals surface area contributed by atoms with Gasteiger partial charge in [-0.2, -0.15) is 8.78 Å². The second-order valence-electron chi connectivity index (χ2n) is 8.28. The van der Waals surface area contributed by atoms with E-state index < -0.39 is 18.2 Å². The summed E-state index contributed by atoms with van der Waals surface area (Å²) in [6.07, 6.45) is -5.13. The van der Waals surface area contributed by atoms with Crippen LogP contribution in [-0.4, -0.2) is 60.4 Å². The van der Waals surface area contributed by atoms with Gasteiger partial charge in [-0.3, -0.25) is 4.90 Å². The second kappa shape index (κ2) is 10.9. The van der Waals surface area contributed by atoms with E-state index in [1.165, 1.54) is 19.1 Å². The normalized spacial score (nSPS) is 16.0. The molecule has 6 nitrogen and oxygen atoms in total. The molecule has 180 valence electrons. The van der Waals surface area contributed by atoms with Crippen molar-refractivity contribution in [2.45, 2.75) is 52.1 Å². The number of pyridine rings is 1. The summed E-state index contributed by atoms with van der Waals surface area (Å²) < 4.78 is 51.0. The molecule has 0 radical (unpaired) electrons. The van der Waals surface area contributed by atoms with Gasteiger partial charge in [-0.1, -0.05) is 19.1 Å². The number of hydrogen-bond donors (Lipinski definition) is 0. The maximum Gasteiger partial charge on any atom is 0.429 e. The Morgan fingerprint density at radius 2 is 1.88 bits per heavy atom. The number of piperazine rings is 1. The number of carbonyl (C=O) groups is 1. The molecule has 3 rings (SSSR count). The highest BCUT2D eigenvalue weighted by molar-refractivity contribution is 5.94. The molecule has 1 aliphatic rings. The van der Waals surface area contributed by atoms with Gasteiger partial charge in [0.1, 0.15) is 17.1 Å². The van der Waals surface area contributed by atoms with E-state index in [0.29, 0.717) is 44.1 Å². The number of esters is 1. The fraction of sp³-hybridized carbons (Fsp3) is 0.500. The lowest BCUT2D eigenvalue weighted by atomic mass is 10.1. The van der Waals surface area contributed by atoms with Crippen LogP contribution in [0.25, 0.3) is 0 Å². The van der Waals surface area contributed by atoms with Gasteiger partial charge in [0.15, 0.2) is 0 Å². The number of alkyl halides is 3. The van der Waals surface area contributed by atoms with Gasteiger partial charge in [-0.25, -0.2) is 14.2 Å². The van der Waals surface area contributed by atoms with Crippen LogP contribution in [0.1, 0.15) is 43.1 Å². The molecule has 9 heteroatoms. The van der Waals surface area contributed by atoms with Crippen LogP contribution in [0.2, 0.25) is 0 Å². The summed E-state index contributed by atoms with van der Waals surface area (Å²) in [5.41, 5.74) is 1.23. The van der Waals surface area contributed by atoms with E-state index in [9.17, 15) is 18.0 Å². The summed E-state index contributed by atoms with van der Waals surface area (Å²) >= 11 is 0. The number of benzene rings is 1. The first-order valence-electron chi connectivity index (χ1n) is 11.1. The van der Waals surface area contributed by atoms with Gasteiger partial charge in [-0.15, -0.1) is 0 Å². The van der Waals surface area contributed by atoms with Crippen LogP contribution < -0.4 is 9.64 Å². The monoisotopic (exact) mass is 465 g/mol. The number of nitrogens with zero attached hydrogens (tertiary/aromatic N) is 3. The molecule has 33 heavy (non-hydrogen) atoms. The zero-order valence-corrected chi connectivity index (χ0v) is 19.1.